The highest BCUT2D eigenvalue weighted by atomic mass is 16.6. The van der Waals surface area contributed by atoms with E-state index in [0.29, 0.717) is 31.7 Å². The molecule has 186 valence electrons. The third-order valence-corrected chi connectivity index (χ3v) is 6.43. The minimum Gasteiger partial charge on any atom is -0.368 e. The Labute approximate surface area is 213 Å². The fourth-order valence-corrected chi connectivity index (χ4v) is 4.43. The Morgan fingerprint density at radius 1 is 0.892 bits per heavy atom. The smallest absolute Gasteiger partial charge is 0.270 e. The minimum atomic E-state index is -0.425. The molecule has 5 rings (SSSR count). The number of hydrogen-bond acceptors (Lipinski definition) is 5. The number of fused-ring (bicyclic) bond motifs is 1. The van der Waals surface area contributed by atoms with E-state index in [9.17, 15) is 19.7 Å². The van der Waals surface area contributed by atoms with Gasteiger partial charge in [0, 0.05) is 72.2 Å². The van der Waals surface area contributed by atoms with Crippen molar-refractivity contribution in [2.45, 2.75) is 0 Å². The monoisotopic (exact) mass is 495 g/mol. The van der Waals surface area contributed by atoms with Crippen LogP contribution in [0.5, 0.6) is 0 Å². The number of anilines is 1. The summed E-state index contributed by atoms with van der Waals surface area (Å²) in [7, 11) is 0. The van der Waals surface area contributed by atoms with E-state index in [1.165, 1.54) is 12.1 Å². The van der Waals surface area contributed by atoms with Gasteiger partial charge in [0.05, 0.1) is 4.92 Å². The van der Waals surface area contributed by atoms with E-state index in [1.807, 2.05) is 36.5 Å². The lowest BCUT2D eigenvalue weighted by molar-refractivity contribution is -0.384. The molecule has 3 aromatic carbocycles. The molecule has 1 fully saturated rings. The van der Waals surface area contributed by atoms with Crippen molar-refractivity contribution in [3.05, 3.63) is 112 Å². The summed E-state index contributed by atoms with van der Waals surface area (Å²) in [5.74, 6) is -0.623. The summed E-state index contributed by atoms with van der Waals surface area (Å²) in [5, 5.41) is 14.7. The van der Waals surface area contributed by atoms with Gasteiger partial charge >= 0.3 is 0 Å². The average molecular weight is 496 g/mol. The van der Waals surface area contributed by atoms with Crippen LogP contribution in [0.4, 0.5) is 11.4 Å². The first-order valence-corrected chi connectivity index (χ1v) is 11.9. The van der Waals surface area contributed by atoms with Crippen molar-refractivity contribution in [1.82, 2.24) is 15.2 Å². The van der Waals surface area contributed by atoms with E-state index >= 15 is 0 Å². The number of para-hydroxylation sites is 1. The summed E-state index contributed by atoms with van der Waals surface area (Å²) < 4.78 is 0. The molecular weight excluding hydrogens is 470 g/mol. The first-order valence-electron chi connectivity index (χ1n) is 11.9. The van der Waals surface area contributed by atoms with Gasteiger partial charge in [-0.05, 0) is 36.4 Å². The highest BCUT2D eigenvalue weighted by Gasteiger charge is 2.26. The average Bonchev–Trinajstić information content (AvgIpc) is 3.35. The Kier molecular flexibility index (Phi) is 6.67. The quantitative estimate of drug-likeness (QED) is 0.237. The molecule has 0 bridgehead atoms. The molecule has 0 unspecified atom stereocenters. The molecule has 0 aliphatic carbocycles. The van der Waals surface area contributed by atoms with Crippen LogP contribution in [-0.2, 0) is 4.79 Å². The lowest BCUT2D eigenvalue weighted by Crippen LogP contribution is -2.50. The highest BCUT2D eigenvalue weighted by molar-refractivity contribution is 6.06. The topological polar surface area (TPSA) is 112 Å². The van der Waals surface area contributed by atoms with E-state index in [0.717, 1.165) is 22.2 Å². The maximum absolute atomic E-state index is 13.6. The van der Waals surface area contributed by atoms with Crippen LogP contribution in [0.2, 0.25) is 0 Å². The van der Waals surface area contributed by atoms with Crippen molar-refractivity contribution < 1.29 is 14.5 Å². The summed E-state index contributed by atoms with van der Waals surface area (Å²) in [6, 6.07) is 22.9. The summed E-state index contributed by atoms with van der Waals surface area (Å²) in [6.07, 6.45) is 3.53. The summed E-state index contributed by atoms with van der Waals surface area (Å²) in [6.45, 7) is 2.03. The molecule has 9 nitrogen and oxygen atoms in total. The number of carbonyl (C=O) groups is 2. The molecule has 2 amide bonds. The van der Waals surface area contributed by atoms with E-state index in [2.05, 4.69) is 15.2 Å². The van der Waals surface area contributed by atoms with Crippen molar-refractivity contribution in [3.8, 4) is 0 Å². The largest absolute Gasteiger partial charge is 0.368 e. The van der Waals surface area contributed by atoms with Crippen LogP contribution in [0.3, 0.4) is 0 Å². The number of rotatable bonds is 6. The van der Waals surface area contributed by atoms with E-state index in [1.54, 1.807) is 47.4 Å². The molecule has 2 heterocycles. The van der Waals surface area contributed by atoms with Crippen molar-refractivity contribution in [2.24, 2.45) is 0 Å². The number of hydrogen-bond donors (Lipinski definition) is 2. The molecule has 9 heteroatoms. The molecule has 2 N–H and O–H groups in total. The number of aromatic nitrogens is 1. The third-order valence-electron chi connectivity index (χ3n) is 6.43. The van der Waals surface area contributed by atoms with Crippen LogP contribution in [0, 0.1) is 10.1 Å². The normalized spacial score (nSPS) is 14.0. The predicted molar refractivity (Wildman–Crippen MR) is 142 cm³/mol. The van der Waals surface area contributed by atoms with Gasteiger partial charge in [0.15, 0.2) is 0 Å². The van der Waals surface area contributed by atoms with Crippen LogP contribution in [0.1, 0.15) is 15.9 Å². The van der Waals surface area contributed by atoms with Gasteiger partial charge in [-0.1, -0.05) is 36.4 Å². The lowest BCUT2D eigenvalue weighted by Gasteiger charge is -2.36. The fourth-order valence-electron chi connectivity index (χ4n) is 4.43. The molecule has 37 heavy (non-hydrogen) atoms. The number of amides is 2. The Hall–Kier alpha value is -4.92. The molecular formula is C28H25N5O4. The van der Waals surface area contributed by atoms with Gasteiger partial charge in [-0.15, -0.1) is 0 Å². The summed E-state index contributed by atoms with van der Waals surface area (Å²) in [4.78, 5) is 44.1. The number of nitro groups is 1. The Bertz CT molecular complexity index is 1470. The number of carbonyl (C=O) groups excluding carboxylic acids is 2. The van der Waals surface area contributed by atoms with E-state index in [-0.39, 0.29) is 23.2 Å². The van der Waals surface area contributed by atoms with Gasteiger partial charge in [-0.25, -0.2) is 0 Å². The van der Waals surface area contributed by atoms with Gasteiger partial charge < -0.3 is 20.1 Å². The number of non-ortho nitro benzene ring substituents is 1. The van der Waals surface area contributed by atoms with E-state index < -0.39 is 4.92 Å². The molecule has 1 aliphatic rings. The van der Waals surface area contributed by atoms with Crippen LogP contribution in [-0.4, -0.2) is 52.8 Å². The highest BCUT2D eigenvalue weighted by Crippen LogP contribution is 2.23. The zero-order valence-corrected chi connectivity index (χ0v) is 20.0. The van der Waals surface area contributed by atoms with Crippen LogP contribution in [0.25, 0.3) is 17.0 Å². The first kappa shape index (κ1) is 23.8. The van der Waals surface area contributed by atoms with Crippen molar-refractivity contribution in [2.75, 3.05) is 31.1 Å². The van der Waals surface area contributed by atoms with Crippen LogP contribution < -0.4 is 10.2 Å². The number of benzene rings is 3. The molecule has 1 aliphatic heterocycles. The molecule has 0 spiro atoms. The number of aromatic amines is 1. The number of nitrogens with one attached hydrogen (secondary N) is 2. The van der Waals surface area contributed by atoms with Crippen LogP contribution >= 0.6 is 0 Å². The Morgan fingerprint density at radius 2 is 1.57 bits per heavy atom. The van der Waals surface area contributed by atoms with Crippen LogP contribution in [0.15, 0.2) is 90.8 Å². The standard InChI is InChI=1S/C28H25N5O4/c34-27(20-6-2-1-3-7-20)30-26(18-21-19-29-25-9-5-4-8-24(21)25)28(35)32-16-14-31(15-17-32)22-10-12-23(13-11-22)33(36)37/h1-13,18-19,29H,14-17H2,(H,30,34). The number of piperazine rings is 1. The fraction of sp³-hybridized carbons (Fsp3) is 0.143. The molecule has 4 aromatic rings. The van der Waals surface area contributed by atoms with Gasteiger partial charge in [0.25, 0.3) is 17.5 Å². The van der Waals surface area contributed by atoms with Crippen molar-refractivity contribution in [1.29, 1.82) is 0 Å². The second-order valence-electron chi connectivity index (χ2n) is 8.72. The van der Waals surface area contributed by atoms with Gasteiger partial charge in [0.1, 0.15) is 5.70 Å². The van der Waals surface area contributed by atoms with Crippen molar-refractivity contribution >= 4 is 40.2 Å². The molecule has 0 radical (unpaired) electrons. The predicted octanol–water partition coefficient (Wildman–Crippen LogP) is 4.20. The zero-order valence-electron chi connectivity index (χ0n) is 20.0. The zero-order chi connectivity index (χ0) is 25.8. The lowest BCUT2D eigenvalue weighted by atomic mass is 10.1. The molecule has 0 atom stereocenters. The first-order chi connectivity index (χ1) is 18.0. The second kappa shape index (κ2) is 10.4. The SMILES string of the molecule is O=C(NC(=Cc1c[nH]c2ccccc12)C(=O)N1CCN(c2ccc([N+](=O)[O-])cc2)CC1)c1ccccc1. The van der Waals surface area contributed by atoms with E-state index in [4.69, 9.17) is 0 Å². The molecule has 0 saturated carbocycles. The van der Waals surface area contributed by atoms with Crippen molar-refractivity contribution in [3.63, 3.8) is 0 Å². The van der Waals surface area contributed by atoms with Gasteiger partial charge in [-0.3, -0.25) is 19.7 Å². The number of nitro benzene ring substituents is 1. The van der Waals surface area contributed by atoms with Gasteiger partial charge in [-0.2, -0.15) is 0 Å². The molecule has 1 aromatic heterocycles. The summed E-state index contributed by atoms with van der Waals surface area (Å²) >= 11 is 0. The number of H-pyrrole nitrogens is 1. The maximum atomic E-state index is 13.6. The minimum absolute atomic E-state index is 0.0405. The third kappa shape index (κ3) is 5.20. The Morgan fingerprint density at radius 3 is 2.27 bits per heavy atom. The molecule has 1 saturated heterocycles. The maximum Gasteiger partial charge on any atom is 0.270 e. The number of nitrogens with zero attached hydrogens (tertiary/aromatic N) is 3. The van der Waals surface area contributed by atoms with Gasteiger partial charge in [0.2, 0.25) is 0 Å². The summed E-state index contributed by atoms with van der Waals surface area (Å²) in [5.41, 5.74) is 3.30. The second-order valence-corrected chi connectivity index (χ2v) is 8.72. The Balaban J connectivity index is 1.36.